The minimum atomic E-state index is -4.27. The molecule has 2 atom stereocenters. The molecule has 8 nitrogen and oxygen atoms in total. The summed E-state index contributed by atoms with van der Waals surface area (Å²) in [5, 5.41) is 0. The molecule has 0 saturated heterocycles. The quantitative estimate of drug-likeness (QED) is 0.0219. The summed E-state index contributed by atoms with van der Waals surface area (Å²) in [6.07, 6.45) is 40.7. The van der Waals surface area contributed by atoms with Gasteiger partial charge in [-0.05, 0) is 57.8 Å². The molecule has 0 bridgehead atoms. The van der Waals surface area contributed by atoms with Crippen LogP contribution in [0.15, 0.2) is 24.3 Å². The van der Waals surface area contributed by atoms with Crippen molar-refractivity contribution in [1.29, 1.82) is 0 Å². The van der Waals surface area contributed by atoms with E-state index in [9.17, 15) is 14.3 Å². The number of carbonyl (C=O) groups is 1. The lowest BCUT2D eigenvalue weighted by atomic mass is 10.1. The highest BCUT2D eigenvalue weighted by molar-refractivity contribution is 7.47. The maximum atomic E-state index is 12.6. The number of hydrogen-bond acceptors (Lipinski definition) is 6. The Morgan fingerprint density at radius 3 is 1.52 bits per heavy atom. The van der Waals surface area contributed by atoms with E-state index in [1.807, 2.05) is 21.1 Å². The van der Waals surface area contributed by atoms with Gasteiger partial charge in [-0.3, -0.25) is 13.8 Å². The summed E-state index contributed by atoms with van der Waals surface area (Å²) in [4.78, 5) is 22.8. The summed E-state index contributed by atoms with van der Waals surface area (Å²) >= 11 is 0. The number of phosphoric ester groups is 1. The number of phosphoric acid groups is 1. The van der Waals surface area contributed by atoms with E-state index in [-0.39, 0.29) is 25.8 Å². The van der Waals surface area contributed by atoms with Crippen LogP contribution in [0, 0.1) is 0 Å². The molecule has 0 aromatic rings. The fourth-order valence-corrected chi connectivity index (χ4v) is 6.56. The predicted octanol–water partition coefficient (Wildman–Crippen LogP) is 12.4. The normalized spacial score (nSPS) is 14.0. The van der Waals surface area contributed by atoms with E-state index < -0.39 is 13.9 Å². The van der Waals surface area contributed by atoms with Crippen molar-refractivity contribution in [2.45, 2.75) is 193 Å². The summed E-state index contributed by atoms with van der Waals surface area (Å²) in [6, 6.07) is 0. The number of hydrogen-bond donors (Lipinski definition) is 1. The molecule has 0 aliphatic heterocycles. The van der Waals surface area contributed by atoms with Crippen LogP contribution in [0.2, 0.25) is 0 Å². The molecule has 0 aromatic carbocycles. The zero-order chi connectivity index (χ0) is 38.4. The van der Waals surface area contributed by atoms with Gasteiger partial charge in [0.2, 0.25) is 0 Å². The highest BCUT2D eigenvalue weighted by Crippen LogP contribution is 2.43. The van der Waals surface area contributed by atoms with Gasteiger partial charge in [-0.1, -0.05) is 147 Å². The Kier molecular flexibility index (Phi) is 36.2. The second kappa shape index (κ2) is 36.9. The summed E-state index contributed by atoms with van der Waals surface area (Å²) < 4.78 is 34.9. The monoisotopic (exact) mass is 759 g/mol. The molecular formula is C43H85NO7P+. The van der Waals surface area contributed by atoms with Gasteiger partial charge in [0, 0.05) is 13.0 Å². The van der Waals surface area contributed by atoms with Gasteiger partial charge in [-0.15, -0.1) is 0 Å². The number of nitrogens with zero attached hydrogens (tertiary/aromatic N) is 1. The van der Waals surface area contributed by atoms with Crippen molar-refractivity contribution in [2.24, 2.45) is 0 Å². The van der Waals surface area contributed by atoms with Crippen LogP contribution < -0.4 is 0 Å². The number of esters is 1. The summed E-state index contributed by atoms with van der Waals surface area (Å²) in [5.74, 6) is -0.325. The van der Waals surface area contributed by atoms with Crippen LogP contribution in [-0.4, -0.2) is 75.6 Å². The van der Waals surface area contributed by atoms with Gasteiger partial charge in [-0.2, -0.15) is 0 Å². The molecule has 0 rings (SSSR count). The minimum Gasteiger partial charge on any atom is -0.457 e. The molecule has 0 aliphatic rings. The third kappa shape index (κ3) is 40.2. The maximum Gasteiger partial charge on any atom is 0.472 e. The predicted molar refractivity (Wildman–Crippen MR) is 220 cm³/mol. The van der Waals surface area contributed by atoms with E-state index in [0.717, 1.165) is 44.9 Å². The topological polar surface area (TPSA) is 91.3 Å². The third-order valence-corrected chi connectivity index (χ3v) is 10.2. The fraction of sp³-hybridized carbons (Fsp3) is 0.884. The molecule has 0 fully saturated rings. The van der Waals surface area contributed by atoms with Crippen LogP contribution in [0.1, 0.15) is 187 Å². The molecule has 52 heavy (non-hydrogen) atoms. The van der Waals surface area contributed by atoms with Gasteiger partial charge in [0.25, 0.3) is 0 Å². The first-order valence-corrected chi connectivity index (χ1v) is 23.1. The van der Waals surface area contributed by atoms with Gasteiger partial charge >= 0.3 is 13.8 Å². The number of ether oxygens (including phenoxy) is 2. The van der Waals surface area contributed by atoms with Crippen molar-refractivity contribution in [3.63, 3.8) is 0 Å². The number of rotatable bonds is 40. The van der Waals surface area contributed by atoms with E-state index in [1.165, 1.54) is 122 Å². The van der Waals surface area contributed by atoms with Crippen molar-refractivity contribution >= 4 is 13.8 Å². The lowest BCUT2D eigenvalue weighted by Gasteiger charge is -2.24. The molecule has 1 N–H and O–H groups in total. The molecule has 0 aromatic heterocycles. The van der Waals surface area contributed by atoms with Gasteiger partial charge in [-0.25, -0.2) is 4.57 Å². The van der Waals surface area contributed by atoms with Crippen LogP contribution in [0.25, 0.3) is 0 Å². The van der Waals surface area contributed by atoms with Gasteiger partial charge in [0.15, 0.2) is 0 Å². The standard InChI is InChI=1S/C43H84NO7P/c1-6-8-10-12-14-16-18-19-20-21-22-23-24-25-27-29-31-33-35-38-48-40-42(41-50-52(46,47)49-39-37-44(3,4)5)51-43(45)36-34-32-30-28-26-17-15-13-11-9-7-2/h13,15,20-21,42H,6-12,14,16-19,22-41H2,1-5H3/p+1/b15-13-,21-20-. The Morgan fingerprint density at radius 1 is 0.577 bits per heavy atom. The molecule has 0 aliphatic carbocycles. The van der Waals surface area contributed by atoms with E-state index in [4.69, 9.17) is 18.5 Å². The molecule has 0 spiro atoms. The van der Waals surface area contributed by atoms with Crippen molar-refractivity contribution in [3.8, 4) is 0 Å². The lowest BCUT2D eigenvalue weighted by Crippen LogP contribution is -2.37. The first-order chi connectivity index (χ1) is 25.1. The molecule has 0 amide bonds. The van der Waals surface area contributed by atoms with Crippen LogP contribution in [0.4, 0.5) is 0 Å². The minimum absolute atomic E-state index is 0.0874. The fourth-order valence-electron chi connectivity index (χ4n) is 5.82. The Balaban J connectivity index is 4.18. The van der Waals surface area contributed by atoms with Gasteiger partial charge < -0.3 is 18.9 Å². The Hall–Kier alpha value is -1.02. The van der Waals surface area contributed by atoms with Crippen LogP contribution in [-0.2, 0) is 27.9 Å². The summed E-state index contributed by atoms with van der Waals surface area (Å²) in [6.45, 7) is 5.58. The van der Waals surface area contributed by atoms with E-state index >= 15 is 0 Å². The second-order valence-electron chi connectivity index (χ2n) is 15.7. The zero-order valence-corrected chi connectivity index (χ0v) is 35.7. The first-order valence-electron chi connectivity index (χ1n) is 21.6. The van der Waals surface area contributed by atoms with Crippen molar-refractivity contribution < 1.29 is 37.3 Å². The van der Waals surface area contributed by atoms with Crippen LogP contribution in [0.3, 0.4) is 0 Å². The summed E-state index contributed by atoms with van der Waals surface area (Å²) in [7, 11) is 1.66. The highest BCUT2D eigenvalue weighted by Gasteiger charge is 2.26. The van der Waals surface area contributed by atoms with Crippen molar-refractivity contribution in [2.75, 3.05) is 54.1 Å². The summed E-state index contributed by atoms with van der Waals surface area (Å²) in [5.41, 5.74) is 0. The molecule has 9 heteroatoms. The highest BCUT2D eigenvalue weighted by atomic mass is 31.2. The molecule has 2 unspecified atom stereocenters. The number of carbonyl (C=O) groups excluding carboxylic acids is 1. The van der Waals surface area contributed by atoms with Crippen molar-refractivity contribution in [3.05, 3.63) is 24.3 Å². The second-order valence-corrected chi connectivity index (χ2v) is 17.2. The molecule has 0 radical (unpaired) electrons. The van der Waals surface area contributed by atoms with Crippen LogP contribution >= 0.6 is 7.82 Å². The molecular weight excluding hydrogens is 673 g/mol. The zero-order valence-electron chi connectivity index (χ0n) is 34.8. The number of likely N-dealkylation sites (N-methyl/N-ethyl adjacent to an activating group) is 1. The Morgan fingerprint density at radius 2 is 1.02 bits per heavy atom. The van der Waals surface area contributed by atoms with Gasteiger partial charge in [0.05, 0.1) is 34.4 Å². The van der Waals surface area contributed by atoms with Crippen LogP contribution in [0.5, 0.6) is 0 Å². The SMILES string of the molecule is CCCC/C=C\CCCCCCCC(=O)OC(COCCCCCCCCCC/C=C\CCCCCCCCC)COP(=O)(O)OCC[N+](C)(C)C. The largest absolute Gasteiger partial charge is 0.472 e. The third-order valence-electron chi connectivity index (χ3n) is 9.24. The number of allylic oxidation sites excluding steroid dienone is 4. The lowest BCUT2D eigenvalue weighted by molar-refractivity contribution is -0.870. The molecule has 0 saturated carbocycles. The first kappa shape index (κ1) is 51.0. The van der Waals surface area contributed by atoms with Gasteiger partial charge in [0.1, 0.15) is 19.3 Å². The average Bonchev–Trinajstić information content (AvgIpc) is 3.09. The number of unbranched alkanes of at least 4 members (excludes halogenated alkanes) is 22. The molecule has 0 heterocycles. The number of quaternary nitrogens is 1. The Labute approximate surface area is 322 Å². The van der Waals surface area contributed by atoms with E-state index in [1.54, 1.807) is 0 Å². The van der Waals surface area contributed by atoms with E-state index in [2.05, 4.69) is 38.2 Å². The van der Waals surface area contributed by atoms with Crippen molar-refractivity contribution in [1.82, 2.24) is 0 Å². The maximum absolute atomic E-state index is 12.6. The Bertz CT molecular complexity index is 889. The smallest absolute Gasteiger partial charge is 0.457 e. The van der Waals surface area contributed by atoms with E-state index in [0.29, 0.717) is 24.1 Å². The average molecular weight is 759 g/mol. The molecule has 308 valence electrons.